The molecular formula is C14H11NO. The third-order valence-corrected chi connectivity index (χ3v) is 2.93. The van der Waals surface area contributed by atoms with Crippen LogP contribution in [0, 0.1) is 6.92 Å². The zero-order chi connectivity index (χ0) is 11.3. The molecule has 0 radical (unpaired) electrons. The number of allylic oxidation sites excluding steroid dienone is 4. The zero-order valence-electron chi connectivity index (χ0n) is 9.24. The summed E-state index contributed by atoms with van der Waals surface area (Å²) in [4.78, 5) is 16.2. The highest BCUT2D eigenvalue weighted by Gasteiger charge is 2.20. The summed E-state index contributed by atoms with van der Waals surface area (Å²) in [6.45, 7) is 3.89. The van der Waals surface area contributed by atoms with Crippen LogP contribution in [0.2, 0.25) is 0 Å². The van der Waals surface area contributed by atoms with Gasteiger partial charge in [0.15, 0.2) is 5.78 Å². The first kappa shape index (κ1) is 9.28. The number of hydrogen-bond acceptors (Lipinski definition) is 2. The fourth-order valence-corrected chi connectivity index (χ4v) is 2.25. The average molecular weight is 209 g/mol. The Morgan fingerprint density at radius 2 is 1.94 bits per heavy atom. The zero-order valence-corrected chi connectivity index (χ0v) is 9.24. The van der Waals surface area contributed by atoms with Crippen LogP contribution in [0.1, 0.15) is 12.6 Å². The average Bonchev–Trinajstić information content (AvgIpc) is 2.54. The molecule has 0 amide bonds. The van der Waals surface area contributed by atoms with Crippen molar-refractivity contribution in [2.75, 3.05) is 0 Å². The van der Waals surface area contributed by atoms with Crippen LogP contribution in [-0.4, -0.2) is 10.8 Å². The molecule has 0 N–H and O–H groups in total. The van der Waals surface area contributed by atoms with Gasteiger partial charge in [0.1, 0.15) is 0 Å². The molecule has 3 rings (SSSR count). The Hall–Kier alpha value is -1.96. The third kappa shape index (κ3) is 1.20. The van der Waals surface area contributed by atoms with Crippen molar-refractivity contribution in [1.82, 2.24) is 4.98 Å². The second-order valence-electron chi connectivity index (χ2n) is 4.28. The first-order valence-corrected chi connectivity index (χ1v) is 5.28. The summed E-state index contributed by atoms with van der Waals surface area (Å²) in [5.41, 5.74) is 3.80. The molecule has 0 bridgehead atoms. The Labute approximate surface area is 93.3 Å². The molecule has 2 nitrogen and oxygen atoms in total. The second kappa shape index (κ2) is 3.01. The lowest BCUT2D eigenvalue weighted by Crippen LogP contribution is -2.26. The molecule has 2 aliphatic rings. The summed E-state index contributed by atoms with van der Waals surface area (Å²) in [6.07, 6.45) is 7.61. The van der Waals surface area contributed by atoms with Crippen molar-refractivity contribution in [3.05, 3.63) is 51.7 Å². The van der Waals surface area contributed by atoms with E-state index in [0.29, 0.717) is 0 Å². The number of carbonyl (C=O) groups is 1. The topological polar surface area (TPSA) is 30.0 Å². The molecule has 0 unspecified atom stereocenters. The Bertz CT molecular complexity index is 690. The standard InChI is InChI=1S/C14H11NO/c1-8-3-10-6-11-7-15-9(2)5-12(11)14(10)13(16)4-8/h3-7H,1-2H3. The number of nitrogens with zero attached hydrogens (tertiary/aromatic N) is 1. The number of carbonyl (C=O) groups excluding carboxylic acids is 1. The van der Waals surface area contributed by atoms with Gasteiger partial charge in [-0.05, 0) is 48.4 Å². The van der Waals surface area contributed by atoms with Gasteiger partial charge in [-0.2, -0.15) is 0 Å². The van der Waals surface area contributed by atoms with Gasteiger partial charge in [-0.25, -0.2) is 0 Å². The molecule has 0 atom stereocenters. The predicted molar refractivity (Wildman–Crippen MR) is 62.9 cm³/mol. The summed E-state index contributed by atoms with van der Waals surface area (Å²) in [5, 5.41) is 2.07. The van der Waals surface area contributed by atoms with Gasteiger partial charge in [-0.15, -0.1) is 0 Å². The number of rotatable bonds is 0. The van der Waals surface area contributed by atoms with Crippen LogP contribution in [0.15, 0.2) is 35.6 Å². The summed E-state index contributed by atoms with van der Waals surface area (Å²) in [7, 11) is 0. The molecule has 0 saturated heterocycles. The maximum atomic E-state index is 12.0. The van der Waals surface area contributed by atoms with Crippen LogP contribution in [0.3, 0.4) is 0 Å². The minimum atomic E-state index is 0.107. The van der Waals surface area contributed by atoms with Gasteiger partial charge < -0.3 is 0 Å². The van der Waals surface area contributed by atoms with Gasteiger partial charge in [0.2, 0.25) is 0 Å². The molecule has 2 heteroatoms. The van der Waals surface area contributed by atoms with E-state index in [0.717, 1.165) is 32.9 Å². The molecule has 1 heterocycles. The van der Waals surface area contributed by atoms with Crippen molar-refractivity contribution in [2.45, 2.75) is 13.8 Å². The molecule has 0 fully saturated rings. The van der Waals surface area contributed by atoms with Crippen molar-refractivity contribution < 1.29 is 4.79 Å². The molecular weight excluding hydrogens is 198 g/mol. The Morgan fingerprint density at radius 3 is 2.75 bits per heavy atom. The number of pyridine rings is 1. The minimum Gasteiger partial charge on any atom is -0.289 e. The summed E-state index contributed by atoms with van der Waals surface area (Å²) >= 11 is 0. The molecule has 0 aliphatic heterocycles. The van der Waals surface area contributed by atoms with E-state index in [1.165, 1.54) is 0 Å². The van der Waals surface area contributed by atoms with E-state index >= 15 is 0 Å². The highest BCUT2D eigenvalue weighted by molar-refractivity contribution is 6.30. The number of aryl methyl sites for hydroxylation is 1. The van der Waals surface area contributed by atoms with Gasteiger partial charge in [0.25, 0.3) is 0 Å². The first-order chi connectivity index (χ1) is 7.65. The number of ketones is 1. The van der Waals surface area contributed by atoms with Crippen molar-refractivity contribution in [1.29, 1.82) is 0 Å². The predicted octanol–water partition coefficient (Wildman–Crippen LogP) is 0.790. The van der Waals surface area contributed by atoms with Crippen LogP contribution in [-0.2, 0) is 4.79 Å². The van der Waals surface area contributed by atoms with Crippen LogP contribution >= 0.6 is 0 Å². The fourth-order valence-electron chi connectivity index (χ4n) is 2.25. The Balaban J connectivity index is 2.44. The van der Waals surface area contributed by atoms with Crippen LogP contribution in [0.5, 0.6) is 0 Å². The van der Waals surface area contributed by atoms with Crippen LogP contribution < -0.4 is 10.4 Å². The van der Waals surface area contributed by atoms with E-state index in [2.05, 4.69) is 4.98 Å². The first-order valence-electron chi connectivity index (χ1n) is 5.28. The molecule has 0 aromatic carbocycles. The summed E-state index contributed by atoms with van der Waals surface area (Å²) in [6, 6.07) is 1.98. The number of hydrogen-bond donors (Lipinski definition) is 0. The molecule has 0 spiro atoms. The molecule has 1 aromatic rings. The maximum absolute atomic E-state index is 12.0. The second-order valence-corrected chi connectivity index (χ2v) is 4.28. The lowest BCUT2D eigenvalue weighted by atomic mass is 9.95. The fraction of sp³-hybridized carbons (Fsp3) is 0.143. The molecule has 1 aromatic heterocycles. The molecule has 78 valence electrons. The largest absolute Gasteiger partial charge is 0.289 e. The number of fused-ring (bicyclic) bond motifs is 2. The lowest BCUT2D eigenvalue weighted by molar-refractivity contribution is -0.109. The van der Waals surface area contributed by atoms with Crippen LogP contribution in [0.4, 0.5) is 0 Å². The molecule has 0 saturated carbocycles. The van der Waals surface area contributed by atoms with Gasteiger partial charge >= 0.3 is 0 Å². The SMILES string of the molecule is CC1=CC(=O)C2=c3cc(C)ncc3=CC2=C1. The van der Waals surface area contributed by atoms with E-state index < -0.39 is 0 Å². The summed E-state index contributed by atoms with van der Waals surface area (Å²) in [5.74, 6) is 0.107. The highest BCUT2D eigenvalue weighted by atomic mass is 16.1. The van der Waals surface area contributed by atoms with Crippen molar-refractivity contribution in [3.8, 4) is 0 Å². The van der Waals surface area contributed by atoms with E-state index in [9.17, 15) is 4.79 Å². The quantitative estimate of drug-likeness (QED) is 0.632. The molecule has 2 aliphatic carbocycles. The smallest absolute Gasteiger partial charge is 0.187 e. The van der Waals surface area contributed by atoms with Crippen molar-refractivity contribution in [3.63, 3.8) is 0 Å². The maximum Gasteiger partial charge on any atom is 0.187 e. The normalized spacial score (nSPS) is 17.4. The molecule has 16 heavy (non-hydrogen) atoms. The van der Waals surface area contributed by atoms with Gasteiger partial charge in [-0.1, -0.05) is 6.08 Å². The minimum absolute atomic E-state index is 0.107. The van der Waals surface area contributed by atoms with Gasteiger partial charge in [-0.3, -0.25) is 9.78 Å². The van der Waals surface area contributed by atoms with Gasteiger partial charge in [0.05, 0.1) is 0 Å². The monoisotopic (exact) mass is 209 g/mol. The third-order valence-electron chi connectivity index (χ3n) is 2.93. The van der Waals surface area contributed by atoms with E-state index in [4.69, 9.17) is 0 Å². The van der Waals surface area contributed by atoms with Crippen LogP contribution in [0.25, 0.3) is 11.6 Å². The van der Waals surface area contributed by atoms with E-state index in [1.54, 1.807) is 6.08 Å². The van der Waals surface area contributed by atoms with Crippen molar-refractivity contribution >= 4 is 17.4 Å². The highest BCUT2D eigenvalue weighted by Crippen LogP contribution is 2.23. The Kier molecular flexibility index (Phi) is 1.75. The van der Waals surface area contributed by atoms with Gasteiger partial charge in [0, 0.05) is 22.7 Å². The van der Waals surface area contributed by atoms with Crippen molar-refractivity contribution in [2.24, 2.45) is 0 Å². The van der Waals surface area contributed by atoms with E-state index in [1.807, 2.05) is 38.3 Å². The van der Waals surface area contributed by atoms with E-state index in [-0.39, 0.29) is 5.78 Å². The number of aromatic nitrogens is 1. The lowest BCUT2D eigenvalue weighted by Gasteiger charge is -2.08. The summed E-state index contributed by atoms with van der Waals surface area (Å²) < 4.78 is 0. The Morgan fingerprint density at radius 1 is 1.12 bits per heavy atom.